The molecular weight excluding hydrogens is 462 g/mol. The Balaban J connectivity index is 1.68. The Morgan fingerprint density at radius 1 is 1.03 bits per heavy atom. The van der Waals surface area contributed by atoms with E-state index in [4.69, 9.17) is 4.74 Å². The van der Waals surface area contributed by atoms with Gasteiger partial charge in [0.05, 0.1) is 18.5 Å². The van der Waals surface area contributed by atoms with Crippen molar-refractivity contribution in [2.24, 2.45) is 0 Å². The zero-order valence-electron chi connectivity index (χ0n) is 19.6. The summed E-state index contributed by atoms with van der Waals surface area (Å²) < 4.78 is 5.38. The Kier molecular flexibility index (Phi) is 8.15. The van der Waals surface area contributed by atoms with Crippen LogP contribution in [0.3, 0.4) is 0 Å². The van der Waals surface area contributed by atoms with E-state index < -0.39 is 11.9 Å². The average Bonchev–Trinajstić information content (AvgIpc) is 3.61. The molecule has 0 aliphatic heterocycles. The number of rotatable bonds is 9. The second-order valence-electron chi connectivity index (χ2n) is 8.43. The lowest BCUT2D eigenvalue weighted by atomic mass is 10.0. The number of anilines is 1. The fourth-order valence-corrected chi connectivity index (χ4v) is 4.98. The molecular formula is C27H29N3O4S. The molecule has 0 spiro atoms. The normalized spacial score (nSPS) is 14.2. The van der Waals surface area contributed by atoms with Crippen molar-refractivity contribution in [1.82, 2.24) is 10.6 Å². The van der Waals surface area contributed by atoms with Gasteiger partial charge in [0.2, 0.25) is 11.8 Å². The van der Waals surface area contributed by atoms with Gasteiger partial charge in [-0.05, 0) is 42.0 Å². The maximum absolute atomic E-state index is 13.7. The fourth-order valence-electron chi connectivity index (χ4n) is 4.34. The molecule has 1 atom stereocenters. The molecule has 1 aliphatic rings. The van der Waals surface area contributed by atoms with Crippen molar-refractivity contribution in [3.63, 3.8) is 0 Å². The average molecular weight is 492 g/mol. The van der Waals surface area contributed by atoms with Gasteiger partial charge in [-0.15, -0.1) is 11.3 Å². The van der Waals surface area contributed by atoms with Crippen molar-refractivity contribution in [3.05, 3.63) is 82.6 Å². The number of methoxy groups -OCH3 is 1. The molecule has 1 aliphatic carbocycles. The van der Waals surface area contributed by atoms with E-state index in [2.05, 4.69) is 10.6 Å². The first kappa shape index (κ1) is 24.5. The highest BCUT2D eigenvalue weighted by atomic mass is 32.1. The zero-order valence-corrected chi connectivity index (χ0v) is 20.4. The number of hydrogen-bond acceptors (Lipinski definition) is 5. The molecule has 7 nitrogen and oxygen atoms in total. The van der Waals surface area contributed by atoms with Crippen molar-refractivity contribution in [1.29, 1.82) is 0 Å². The highest BCUT2D eigenvalue weighted by Crippen LogP contribution is 2.31. The van der Waals surface area contributed by atoms with Crippen molar-refractivity contribution in [2.75, 3.05) is 18.6 Å². The molecule has 0 unspecified atom stereocenters. The van der Waals surface area contributed by atoms with Crippen LogP contribution >= 0.6 is 11.3 Å². The summed E-state index contributed by atoms with van der Waals surface area (Å²) in [6.45, 7) is -0.256. The molecule has 3 aromatic rings. The first-order chi connectivity index (χ1) is 17.1. The number of hydrogen-bond donors (Lipinski definition) is 2. The molecule has 8 heteroatoms. The smallest absolute Gasteiger partial charge is 0.261 e. The fraction of sp³-hybridized carbons (Fsp3) is 0.296. The second kappa shape index (κ2) is 11.7. The van der Waals surface area contributed by atoms with Crippen LogP contribution in [0, 0.1) is 0 Å². The minimum Gasteiger partial charge on any atom is -0.497 e. The van der Waals surface area contributed by atoms with Gasteiger partial charge >= 0.3 is 0 Å². The number of benzene rings is 2. The largest absolute Gasteiger partial charge is 0.497 e. The van der Waals surface area contributed by atoms with E-state index in [9.17, 15) is 14.4 Å². The van der Waals surface area contributed by atoms with Gasteiger partial charge in [0, 0.05) is 17.8 Å². The molecule has 3 amide bonds. The number of nitrogens with zero attached hydrogens (tertiary/aromatic N) is 1. The van der Waals surface area contributed by atoms with Crippen LogP contribution in [-0.2, 0) is 9.59 Å². The first-order valence-electron chi connectivity index (χ1n) is 11.7. The third-order valence-corrected chi connectivity index (χ3v) is 6.94. The van der Waals surface area contributed by atoms with E-state index >= 15 is 0 Å². The van der Waals surface area contributed by atoms with Crippen LogP contribution in [0.25, 0.3) is 0 Å². The van der Waals surface area contributed by atoms with Crippen molar-refractivity contribution >= 4 is 34.7 Å². The lowest BCUT2D eigenvalue weighted by molar-refractivity contribution is -0.126. The highest BCUT2D eigenvalue weighted by Gasteiger charge is 2.34. The Morgan fingerprint density at radius 3 is 2.49 bits per heavy atom. The van der Waals surface area contributed by atoms with Gasteiger partial charge in [-0.2, -0.15) is 0 Å². The molecule has 4 rings (SSSR count). The molecule has 1 heterocycles. The number of carbonyl (C=O) groups is 3. The molecule has 0 saturated heterocycles. The highest BCUT2D eigenvalue weighted by molar-refractivity contribution is 7.12. The van der Waals surface area contributed by atoms with E-state index in [1.807, 2.05) is 30.3 Å². The minimum atomic E-state index is -0.907. The van der Waals surface area contributed by atoms with Gasteiger partial charge in [0.1, 0.15) is 11.8 Å². The third kappa shape index (κ3) is 6.08. The summed E-state index contributed by atoms with van der Waals surface area (Å²) >= 11 is 1.30. The van der Waals surface area contributed by atoms with Crippen LogP contribution < -0.4 is 20.3 Å². The quantitative estimate of drug-likeness (QED) is 0.467. The predicted molar refractivity (Wildman–Crippen MR) is 137 cm³/mol. The third-order valence-electron chi connectivity index (χ3n) is 6.07. The van der Waals surface area contributed by atoms with E-state index in [-0.39, 0.29) is 24.4 Å². The summed E-state index contributed by atoms with van der Waals surface area (Å²) in [6, 6.07) is 18.9. The molecule has 2 N–H and O–H groups in total. The SMILES string of the molecule is COc1cccc(N(C(=O)CNC(=O)c2cccs2)[C@@H](C(=O)NC2CCCC2)c2ccccc2)c1. The topological polar surface area (TPSA) is 87.7 Å². The summed E-state index contributed by atoms with van der Waals surface area (Å²) in [5, 5.41) is 7.65. The van der Waals surface area contributed by atoms with E-state index in [0.717, 1.165) is 25.7 Å². The van der Waals surface area contributed by atoms with E-state index in [0.29, 0.717) is 21.9 Å². The van der Waals surface area contributed by atoms with Crippen LogP contribution in [0.5, 0.6) is 5.75 Å². The maximum Gasteiger partial charge on any atom is 0.261 e. The van der Waals surface area contributed by atoms with Gasteiger partial charge in [-0.25, -0.2) is 0 Å². The van der Waals surface area contributed by atoms with Crippen molar-refractivity contribution < 1.29 is 19.1 Å². The predicted octanol–water partition coefficient (Wildman–Crippen LogP) is 4.32. The Hall–Kier alpha value is -3.65. The second-order valence-corrected chi connectivity index (χ2v) is 9.38. The summed E-state index contributed by atoms with van der Waals surface area (Å²) in [5.74, 6) is -0.418. The molecule has 0 radical (unpaired) electrons. The minimum absolute atomic E-state index is 0.0921. The van der Waals surface area contributed by atoms with Crippen LogP contribution in [0.15, 0.2) is 72.1 Å². The van der Waals surface area contributed by atoms with Crippen LogP contribution in [-0.4, -0.2) is 37.4 Å². The molecule has 1 aromatic heterocycles. The van der Waals surface area contributed by atoms with Crippen LogP contribution in [0.2, 0.25) is 0 Å². The Morgan fingerprint density at radius 2 is 1.80 bits per heavy atom. The van der Waals surface area contributed by atoms with Gasteiger partial charge in [-0.1, -0.05) is 55.3 Å². The van der Waals surface area contributed by atoms with Crippen molar-refractivity contribution in [2.45, 2.75) is 37.8 Å². The monoisotopic (exact) mass is 491 g/mol. The van der Waals surface area contributed by atoms with Crippen LogP contribution in [0.4, 0.5) is 5.69 Å². The standard InChI is InChI=1S/C27H29N3O4S/c1-34-22-14-7-13-21(17-22)30(24(31)18-28-26(32)23-15-8-16-35-23)25(19-9-3-2-4-10-19)27(33)29-20-11-5-6-12-20/h2-4,7-10,13-17,20,25H,5-6,11-12,18H2,1H3,(H,28,32)(H,29,33)/t25-/m1/s1. The number of amides is 3. The lowest BCUT2D eigenvalue weighted by Crippen LogP contribution is -2.49. The molecule has 182 valence electrons. The van der Waals surface area contributed by atoms with Gasteiger partial charge in [-0.3, -0.25) is 19.3 Å². The first-order valence-corrected chi connectivity index (χ1v) is 12.6. The van der Waals surface area contributed by atoms with Gasteiger partial charge in [0.15, 0.2) is 0 Å². The van der Waals surface area contributed by atoms with E-state index in [1.54, 1.807) is 48.9 Å². The van der Waals surface area contributed by atoms with Gasteiger partial charge in [0.25, 0.3) is 5.91 Å². The summed E-state index contributed by atoms with van der Waals surface area (Å²) in [4.78, 5) is 41.8. The number of nitrogens with one attached hydrogen (secondary N) is 2. The summed E-state index contributed by atoms with van der Waals surface area (Å²) in [6.07, 6.45) is 4.01. The molecule has 1 fully saturated rings. The summed E-state index contributed by atoms with van der Waals surface area (Å²) in [5.41, 5.74) is 1.19. The molecule has 1 saturated carbocycles. The van der Waals surface area contributed by atoms with E-state index in [1.165, 1.54) is 16.2 Å². The van der Waals surface area contributed by atoms with Gasteiger partial charge < -0.3 is 15.4 Å². The number of ether oxygens (including phenoxy) is 1. The Bertz CT molecular complexity index is 1140. The number of thiophene rings is 1. The lowest BCUT2D eigenvalue weighted by Gasteiger charge is -2.32. The zero-order chi connectivity index (χ0) is 24.6. The van der Waals surface area contributed by atoms with Crippen molar-refractivity contribution in [3.8, 4) is 5.75 Å². The molecule has 0 bridgehead atoms. The summed E-state index contributed by atoms with van der Waals surface area (Å²) in [7, 11) is 1.55. The molecule has 2 aromatic carbocycles. The van der Waals surface area contributed by atoms with Crippen LogP contribution in [0.1, 0.15) is 47.0 Å². The Labute approximate surface area is 209 Å². The molecule has 35 heavy (non-hydrogen) atoms. The maximum atomic E-state index is 13.7. The number of carbonyl (C=O) groups excluding carboxylic acids is 3.